The lowest BCUT2D eigenvalue weighted by Crippen LogP contribution is -2.27. The van der Waals surface area contributed by atoms with Crippen LogP contribution in [0.4, 0.5) is 0 Å². The van der Waals surface area contributed by atoms with Gasteiger partial charge in [-0.2, -0.15) is 0 Å². The molecule has 0 unspecified atom stereocenters. The largest absolute Gasteiger partial charge is 0.497 e. The van der Waals surface area contributed by atoms with Gasteiger partial charge in [-0.3, -0.25) is 4.79 Å². The van der Waals surface area contributed by atoms with E-state index in [2.05, 4.69) is 11.3 Å². The Morgan fingerprint density at radius 3 is 2.54 bits per heavy atom. The molecule has 0 saturated carbocycles. The minimum absolute atomic E-state index is 0.0445. The van der Waals surface area contributed by atoms with Crippen LogP contribution in [0, 0.1) is 0 Å². The SMILES string of the molecule is C=CCNS(=O)(=O)c1cccc(C(=O)N(C)Cc2ccc(OC)cc2)c1. The summed E-state index contributed by atoms with van der Waals surface area (Å²) in [5.74, 6) is 0.481. The fourth-order valence-corrected chi connectivity index (χ4v) is 3.39. The van der Waals surface area contributed by atoms with Crippen LogP contribution in [0.1, 0.15) is 15.9 Å². The Kier molecular flexibility index (Phi) is 6.54. The van der Waals surface area contributed by atoms with Gasteiger partial charge in [0.1, 0.15) is 5.75 Å². The van der Waals surface area contributed by atoms with Crippen molar-refractivity contribution in [2.24, 2.45) is 0 Å². The van der Waals surface area contributed by atoms with E-state index in [0.29, 0.717) is 12.1 Å². The van der Waals surface area contributed by atoms with Crippen LogP contribution in [-0.4, -0.2) is 39.9 Å². The second-order valence-electron chi connectivity index (χ2n) is 5.68. The van der Waals surface area contributed by atoms with Gasteiger partial charge in [-0.15, -0.1) is 6.58 Å². The summed E-state index contributed by atoms with van der Waals surface area (Å²) in [5.41, 5.74) is 1.25. The molecule has 26 heavy (non-hydrogen) atoms. The summed E-state index contributed by atoms with van der Waals surface area (Å²) in [4.78, 5) is 14.2. The summed E-state index contributed by atoms with van der Waals surface area (Å²) in [5, 5.41) is 0. The molecular weight excluding hydrogens is 352 g/mol. The Hall–Kier alpha value is -2.64. The van der Waals surface area contributed by atoms with E-state index in [0.717, 1.165) is 11.3 Å². The van der Waals surface area contributed by atoms with Crippen molar-refractivity contribution in [1.82, 2.24) is 9.62 Å². The predicted octanol–water partition coefficient (Wildman–Crippen LogP) is 2.43. The maximum absolute atomic E-state index is 12.6. The molecule has 2 aromatic rings. The van der Waals surface area contributed by atoms with Gasteiger partial charge in [0.25, 0.3) is 5.91 Å². The molecule has 0 radical (unpaired) electrons. The summed E-state index contributed by atoms with van der Waals surface area (Å²) in [6.45, 7) is 4.00. The van der Waals surface area contributed by atoms with Gasteiger partial charge < -0.3 is 9.64 Å². The zero-order valence-corrected chi connectivity index (χ0v) is 15.6. The number of nitrogens with one attached hydrogen (secondary N) is 1. The first-order valence-corrected chi connectivity index (χ1v) is 9.44. The summed E-state index contributed by atoms with van der Waals surface area (Å²) >= 11 is 0. The van der Waals surface area contributed by atoms with Crippen molar-refractivity contribution >= 4 is 15.9 Å². The van der Waals surface area contributed by atoms with E-state index in [1.807, 2.05) is 24.3 Å². The first kappa shape index (κ1) is 19.7. The normalized spacial score (nSPS) is 11.0. The van der Waals surface area contributed by atoms with E-state index in [9.17, 15) is 13.2 Å². The standard InChI is InChI=1S/C19H22N2O4S/c1-4-12-20-26(23,24)18-7-5-6-16(13-18)19(22)21(2)14-15-8-10-17(25-3)11-9-15/h4-11,13,20H,1,12,14H2,2-3H3. The minimum Gasteiger partial charge on any atom is -0.497 e. The molecule has 6 nitrogen and oxygen atoms in total. The highest BCUT2D eigenvalue weighted by Gasteiger charge is 2.17. The Labute approximate surface area is 154 Å². The number of sulfonamides is 1. The highest BCUT2D eigenvalue weighted by molar-refractivity contribution is 7.89. The topological polar surface area (TPSA) is 75.7 Å². The summed E-state index contributed by atoms with van der Waals surface area (Å²) in [6.07, 6.45) is 1.45. The van der Waals surface area contributed by atoms with E-state index in [1.54, 1.807) is 26.3 Å². The summed E-state index contributed by atoms with van der Waals surface area (Å²) in [7, 11) is -0.413. The molecule has 1 amide bonds. The fraction of sp³-hybridized carbons (Fsp3) is 0.211. The second kappa shape index (κ2) is 8.64. The number of ether oxygens (including phenoxy) is 1. The van der Waals surface area contributed by atoms with Gasteiger partial charge in [0.05, 0.1) is 12.0 Å². The van der Waals surface area contributed by atoms with Crippen molar-refractivity contribution in [2.45, 2.75) is 11.4 Å². The Balaban J connectivity index is 2.15. The predicted molar refractivity (Wildman–Crippen MR) is 101 cm³/mol. The molecule has 2 aromatic carbocycles. The van der Waals surface area contributed by atoms with Gasteiger partial charge in [-0.1, -0.05) is 24.3 Å². The molecule has 1 N–H and O–H groups in total. The van der Waals surface area contributed by atoms with Crippen LogP contribution in [0.3, 0.4) is 0 Å². The molecule has 0 heterocycles. The third-order valence-electron chi connectivity index (χ3n) is 3.73. The molecule has 0 spiro atoms. The fourth-order valence-electron chi connectivity index (χ4n) is 2.35. The average Bonchev–Trinajstić information content (AvgIpc) is 2.66. The molecule has 0 aliphatic heterocycles. The van der Waals surface area contributed by atoms with Gasteiger partial charge >= 0.3 is 0 Å². The van der Waals surface area contributed by atoms with Crippen LogP contribution < -0.4 is 9.46 Å². The summed E-state index contributed by atoms with van der Waals surface area (Å²) in [6, 6.07) is 13.4. The van der Waals surface area contributed by atoms with E-state index >= 15 is 0 Å². The van der Waals surface area contributed by atoms with Crippen LogP contribution >= 0.6 is 0 Å². The molecule has 0 saturated heterocycles. The quantitative estimate of drug-likeness (QED) is 0.720. The zero-order chi connectivity index (χ0) is 19.2. The monoisotopic (exact) mass is 374 g/mol. The molecular formula is C19H22N2O4S. The van der Waals surface area contributed by atoms with Gasteiger partial charge in [0.2, 0.25) is 10.0 Å². The van der Waals surface area contributed by atoms with Gasteiger partial charge in [0.15, 0.2) is 0 Å². The van der Waals surface area contributed by atoms with E-state index in [1.165, 1.54) is 23.1 Å². The molecule has 0 aliphatic carbocycles. The van der Waals surface area contributed by atoms with Crippen LogP contribution in [0.5, 0.6) is 5.75 Å². The highest BCUT2D eigenvalue weighted by Crippen LogP contribution is 2.16. The smallest absolute Gasteiger partial charge is 0.253 e. The van der Waals surface area contributed by atoms with Gasteiger partial charge in [-0.25, -0.2) is 13.1 Å². The van der Waals surface area contributed by atoms with Crippen molar-refractivity contribution in [2.75, 3.05) is 20.7 Å². The Bertz CT molecular complexity index is 877. The van der Waals surface area contributed by atoms with Crippen LogP contribution in [-0.2, 0) is 16.6 Å². The number of nitrogens with zero attached hydrogens (tertiary/aromatic N) is 1. The van der Waals surface area contributed by atoms with Crippen molar-refractivity contribution in [3.8, 4) is 5.75 Å². The summed E-state index contributed by atoms with van der Waals surface area (Å²) < 4.78 is 31.9. The lowest BCUT2D eigenvalue weighted by Gasteiger charge is -2.18. The highest BCUT2D eigenvalue weighted by atomic mass is 32.2. The number of amides is 1. The van der Waals surface area contributed by atoms with Crippen molar-refractivity contribution in [3.05, 3.63) is 72.3 Å². The third kappa shape index (κ3) is 4.93. The van der Waals surface area contributed by atoms with E-state index in [-0.39, 0.29) is 17.3 Å². The number of rotatable bonds is 8. The lowest BCUT2D eigenvalue weighted by molar-refractivity contribution is 0.0785. The van der Waals surface area contributed by atoms with E-state index < -0.39 is 10.0 Å². The molecule has 0 bridgehead atoms. The third-order valence-corrected chi connectivity index (χ3v) is 5.16. The molecule has 138 valence electrons. The first-order chi connectivity index (χ1) is 12.4. The maximum Gasteiger partial charge on any atom is 0.253 e. The van der Waals surface area contributed by atoms with Crippen LogP contribution in [0.2, 0.25) is 0 Å². The number of methoxy groups -OCH3 is 1. The number of benzene rings is 2. The molecule has 2 rings (SSSR count). The molecule has 0 atom stereocenters. The van der Waals surface area contributed by atoms with Crippen LogP contribution in [0.25, 0.3) is 0 Å². The number of carbonyl (C=O) groups excluding carboxylic acids is 1. The van der Waals surface area contributed by atoms with Crippen molar-refractivity contribution in [1.29, 1.82) is 0 Å². The molecule has 0 aromatic heterocycles. The first-order valence-electron chi connectivity index (χ1n) is 7.96. The lowest BCUT2D eigenvalue weighted by atomic mass is 10.1. The number of carbonyl (C=O) groups is 1. The average molecular weight is 374 g/mol. The van der Waals surface area contributed by atoms with Gasteiger partial charge in [-0.05, 0) is 35.9 Å². The minimum atomic E-state index is -3.68. The van der Waals surface area contributed by atoms with Crippen molar-refractivity contribution < 1.29 is 17.9 Å². The zero-order valence-electron chi connectivity index (χ0n) is 14.8. The number of hydrogen-bond donors (Lipinski definition) is 1. The van der Waals surface area contributed by atoms with E-state index in [4.69, 9.17) is 4.74 Å². The van der Waals surface area contributed by atoms with Crippen LogP contribution in [0.15, 0.2) is 66.1 Å². The Morgan fingerprint density at radius 1 is 1.23 bits per heavy atom. The van der Waals surface area contributed by atoms with Gasteiger partial charge in [0, 0.05) is 25.7 Å². The molecule has 0 aliphatic rings. The maximum atomic E-state index is 12.6. The molecule has 0 fully saturated rings. The molecule has 7 heteroatoms. The van der Waals surface area contributed by atoms with Crippen molar-refractivity contribution in [3.63, 3.8) is 0 Å². The second-order valence-corrected chi connectivity index (χ2v) is 7.44. The number of hydrogen-bond acceptors (Lipinski definition) is 4. The Morgan fingerprint density at radius 2 is 1.92 bits per heavy atom.